The molecule has 0 radical (unpaired) electrons. The molecule has 3 nitrogen and oxygen atoms in total. The Balaban J connectivity index is 0.000000720. The second-order valence-corrected chi connectivity index (χ2v) is 2.88. The predicted octanol–water partition coefficient (Wildman–Crippen LogP) is 0.985. The molecule has 1 fully saturated rings. The first-order chi connectivity index (χ1) is 5.21. The van der Waals surface area contributed by atoms with Crippen LogP contribution >= 0.6 is 12.4 Å². The number of nitrogens with two attached hydrogens (primary N) is 1. The predicted molar refractivity (Wildman–Crippen MR) is 44.3 cm³/mol. The SMILES string of the molecule is Cl.NC1(c2ncc(F)cn2)CC1. The van der Waals surface area contributed by atoms with Gasteiger partial charge >= 0.3 is 0 Å². The average molecular weight is 190 g/mol. The van der Waals surface area contributed by atoms with Gasteiger partial charge in [0.15, 0.2) is 5.82 Å². The fourth-order valence-electron chi connectivity index (χ4n) is 0.928. The third-order valence-electron chi connectivity index (χ3n) is 1.85. The number of aromatic nitrogens is 2. The highest BCUT2D eigenvalue weighted by Crippen LogP contribution is 2.40. The van der Waals surface area contributed by atoms with Crippen LogP contribution in [0.4, 0.5) is 4.39 Å². The fourth-order valence-corrected chi connectivity index (χ4v) is 0.928. The van der Waals surface area contributed by atoms with Crippen molar-refractivity contribution >= 4 is 12.4 Å². The van der Waals surface area contributed by atoms with Gasteiger partial charge in [-0.05, 0) is 12.8 Å². The molecule has 0 aliphatic heterocycles. The Labute approximate surface area is 75.6 Å². The van der Waals surface area contributed by atoms with Gasteiger partial charge in [-0.15, -0.1) is 12.4 Å². The van der Waals surface area contributed by atoms with Crippen molar-refractivity contribution in [3.05, 3.63) is 24.0 Å². The Bertz CT molecular complexity index is 270. The van der Waals surface area contributed by atoms with E-state index in [1.54, 1.807) is 0 Å². The number of hydrogen-bond donors (Lipinski definition) is 1. The summed E-state index contributed by atoms with van der Waals surface area (Å²) >= 11 is 0. The molecule has 1 aromatic rings. The topological polar surface area (TPSA) is 51.8 Å². The number of hydrogen-bond acceptors (Lipinski definition) is 3. The maximum atomic E-state index is 12.3. The number of halogens is 2. The Kier molecular flexibility index (Phi) is 2.30. The Morgan fingerprint density at radius 2 is 1.83 bits per heavy atom. The second-order valence-electron chi connectivity index (χ2n) is 2.88. The molecule has 0 aromatic carbocycles. The summed E-state index contributed by atoms with van der Waals surface area (Å²) in [4.78, 5) is 7.60. The van der Waals surface area contributed by atoms with E-state index >= 15 is 0 Å². The molecule has 0 saturated heterocycles. The van der Waals surface area contributed by atoms with Gasteiger partial charge in [-0.3, -0.25) is 0 Å². The van der Waals surface area contributed by atoms with Crippen LogP contribution in [0.5, 0.6) is 0 Å². The number of nitrogens with zero attached hydrogens (tertiary/aromatic N) is 2. The van der Waals surface area contributed by atoms with Crippen molar-refractivity contribution in [1.82, 2.24) is 9.97 Å². The minimum atomic E-state index is -0.419. The van der Waals surface area contributed by atoms with Crippen LogP contribution in [0.3, 0.4) is 0 Å². The van der Waals surface area contributed by atoms with E-state index in [9.17, 15) is 4.39 Å². The molecule has 1 aromatic heterocycles. The molecule has 0 atom stereocenters. The van der Waals surface area contributed by atoms with Crippen LogP contribution in [0.25, 0.3) is 0 Å². The molecule has 1 aliphatic carbocycles. The standard InChI is InChI=1S/C7H8FN3.ClH/c8-5-3-10-6(11-4-5)7(9)1-2-7;/h3-4H,1-2,9H2;1H. The van der Waals surface area contributed by atoms with Gasteiger partial charge in [0.2, 0.25) is 0 Å². The summed E-state index contributed by atoms with van der Waals surface area (Å²) in [5.41, 5.74) is 5.42. The van der Waals surface area contributed by atoms with Gasteiger partial charge in [-0.1, -0.05) is 0 Å². The zero-order valence-corrected chi connectivity index (χ0v) is 7.14. The van der Waals surface area contributed by atoms with Crippen LogP contribution in [0.2, 0.25) is 0 Å². The highest BCUT2D eigenvalue weighted by Gasteiger charge is 2.42. The van der Waals surface area contributed by atoms with E-state index in [1.165, 1.54) is 0 Å². The molecule has 1 heterocycles. The zero-order chi connectivity index (χ0) is 7.90. The van der Waals surface area contributed by atoms with Crippen molar-refractivity contribution < 1.29 is 4.39 Å². The minimum Gasteiger partial charge on any atom is -0.319 e. The monoisotopic (exact) mass is 189 g/mol. The van der Waals surface area contributed by atoms with Crippen LogP contribution < -0.4 is 5.73 Å². The van der Waals surface area contributed by atoms with Gasteiger partial charge in [0.05, 0.1) is 17.9 Å². The molecule has 2 rings (SSSR count). The van der Waals surface area contributed by atoms with Gasteiger partial charge in [-0.25, -0.2) is 14.4 Å². The summed E-state index contributed by atoms with van der Waals surface area (Å²) < 4.78 is 12.3. The Morgan fingerprint density at radius 3 is 2.25 bits per heavy atom. The molecule has 1 aliphatic rings. The molecule has 0 bridgehead atoms. The van der Waals surface area contributed by atoms with Crippen LogP contribution in [0.1, 0.15) is 18.7 Å². The third-order valence-corrected chi connectivity index (χ3v) is 1.85. The molecule has 2 N–H and O–H groups in total. The van der Waals surface area contributed by atoms with Crippen molar-refractivity contribution in [2.75, 3.05) is 0 Å². The third kappa shape index (κ3) is 1.54. The number of rotatable bonds is 1. The normalized spacial score (nSPS) is 18.2. The first kappa shape index (κ1) is 9.35. The fraction of sp³-hybridized carbons (Fsp3) is 0.429. The van der Waals surface area contributed by atoms with Crippen molar-refractivity contribution in [2.45, 2.75) is 18.4 Å². The van der Waals surface area contributed by atoms with Crippen LogP contribution in [0, 0.1) is 5.82 Å². The summed E-state index contributed by atoms with van der Waals surface area (Å²) in [5.74, 6) is 0.136. The minimum absolute atomic E-state index is 0. The summed E-state index contributed by atoms with van der Waals surface area (Å²) in [6.45, 7) is 0. The first-order valence-corrected chi connectivity index (χ1v) is 3.48. The van der Waals surface area contributed by atoms with Crippen LogP contribution in [-0.2, 0) is 5.54 Å². The van der Waals surface area contributed by atoms with Gasteiger partial charge < -0.3 is 5.73 Å². The Hall–Kier alpha value is -0.740. The van der Waals surface area contributed by atoms with Gasteiger partial charge in [-0.2, -0.15) is 0 Å². The largest absolute Gasteiger partial charge is 0.319 e. The van der Waals surface area contributed by atoms with E-state index in [-0.39, 0.29) is 17.9 Å². The lowest BCUT2D eigenvalue weighted by atomic mass is 10.3. The van der Waals surface area contributed by atoms with E-state index in [2.05, 4.69) is 9.97 Å². The molecule has 5 heteroatoms. The van der Waals surface area contributed by atoms with E-state index < -0.39 is 5.82 Å². The molecular formula is C7H9ClFN3. The van der Waals surface area contributed by atoms with E-state index in [0.717, 1.165) is 25.2 Å². The molecule has 0 unspecified atom stereocenters. The maximum Gasteiger partial charge on any atom is 0.159 e. The molecule has 12 heavy (non-hydrogen) atoms. The zero-order valence-electron chi connectivity index (χ0n) is 6.33. The van der Waals surface area contributed by atoms with Gasteiger partial charge in [0.25, 0.3) is 0 Å². The highest BCUT2D eigenvalue weighted by atomic mass is 35.5. The second kappa shape index (κ2) is 2.95. The smallest absolute Gasteiger partial charge is 0.159 e. The highest BCUT2D eigenvalue weighted by molar-refractivity contribution is 5.85. The van der Waals surface area contributed by atoms with Crippen LogP contribution in [0.15, 0.2) is 12.4 Å². The lowest BCUT2D eigenvalue weighted by Gasteiger charge is -2.04. The van der Waals surface area contributed by atoms with E-state index in [1.807, 2.05) is 0 Å². The summed E-state index contributed by atoms with van der Waals surface area (Å²) in [5, 5.41) is 0. The lowest BCUT2D eigenvalue weighted by molar-refractivity contribution is 0.592. The molecule has 66 valence electrons. The van der Waals surface area contributed by atoms with Crippen molar-refractivity contribution in [2.24, 2.45) is 5.73 Å². The summed E-state index contributed by atoms with van der Waals surface area (Å²) in [7, 11) is 0. The summed E-state index contributed by atoms with van der Waals surface area (Å²) in [6.07, 6.45) is 4.10. The molecule has 0 spiro atoms. The van der Waals surface area contributed by atoms with Gasteiger partial charge in [0.1, 0.15) is 5.82 Å². The summed E-state index contributed by atoms with van der Waals surface area (Å²) in [6, 6.07) is 0. The van der Waals surface area contributed by atoms with Crippen molar-refractivity contribution in [3.63, 3.8) is 0 Å². The van der Waals surface area contributed by atoms with Gasteiger partial charge in [0, 0.05) is 0 Å². The maximum absolute atomic E-state index is 12.3. The van der Waals surface area contributed by atoms with Crippen molar-refractivity contribution in [3.8, 4) is 0 Å². The Morgan fingerprint density at radius 1 is 1.33 bits per heavy atom. The molecule has 0 amide bonds. The van der Waals surface area contributed by atoms with Crippen LogP contribution in [-0.4, -0.2) is 9.97 Å². The quantitative estimate of drug-likeness (QED) is 0.717. The van der Waals surface area contributed by atoms with Crippen molar-refractivity contribution in [1.29, 1.82) is 0 Å². The molecule has 1 saturated carbocycles. The van der Waals surface area contributed by atoms with E-state index in [4.69, 9.17) is 5.73 Å². The lowest BCUT2D eigenvalue weighted by Crippen LogP contribution is -2.21. The van der Waals surface area contributed by atoms with E-state index in [0.29, 0.717) is 5.82 Å². The first-order valence-electron chi connectivity index (χ1n) is 3.48. The molecular weight excluding hydrogens is 181 g/mol. The average Bonchev–Trinajstić information content (AvgIpc) is 2.70.